The number of nitrogens with zero attached hydrogens (tertiary/aromatic N) is 1. The Bertz CT molecular complexity index is 882. The fourth-order valence-electron chi connectivity index (χ4n) is 2.49. The molecule has 130 valence electrons. The molecule has 0 saturated heterocycles. The number of fused-ring (bicyclic) bond motifs is 1. The summed E-state index contributed by atoms with van der Waals surface area (Å²) in [6.45, 7) is 0. The minimum Gasteiger partial charge on any atom is -0.431 e. The molecular formula is C15H10F4N4O2. The number of amides is 1. The van der Waals surface area contributed by atoms with Gasteiger partial charge >= 0.3 is 12.3 Å². The molecular weight excluding hydrogens is 344 g/mol. The fourth-order valence-corrected chi connectivity index (χ4v) is 2.49. The van der Waals surface area contributed by atoms with Crippen molar-refractivity contribution in [1.29, 1.82) is 5.41 Å². The third-order valence-electron chi connectivity index (χ3n) is 3.55. The monoisotopic (exact) mass is 354 g/mol. The topological polar surface area (TPSA) is 101 Å². The van der Waals surface area contributed by atoms with E-state index in [1.54, 1.807) is 0 Å². The average Bonchev–Trinajstić information content (AvgIpc) is 2.52. The lowest BCUT2D eigenvalue weighted by Crippen LogP contribution is -2.35. The second kappa shape index (κ2) is 5.72. The minimum atomic E-state index is -4.90. The number of alkyl halides is 3. The Balaban J connectivity index is 2.17. The van der Waals surface area contributed by atoms with E-state index in [1.165, 1.54) is 12.1 Å². The Kier molecular flexibility index (Phi) is 3.82. The van der Waals surface area contributed by atoms with Crippen molar-refractivity contribution >= 4 is 23.3 Å². The van der Waals surface area contributed by atoms with Crippen LogP contribution in [0.2, 0.25) is 0 Å². The Morgan fingerprint density at radius 2 is 2.00 bits per heavy atom. The van der Waals surface area contributed by atoms with Crippen LogP contribution in [-0.4, -0.2) is 23.0 Å². The maximum atomic E-state index is 13.3. The first kappa shape index (κ1) is 16.7. The van der Waals surface area contributed by atoms with Crippen LogP contribution >= 0.6 is 0 Å². The molecule has 6 nitrogen and oxygen atoms in total. The summed E-state index contributed by atoms with van der Waals surface area (Å²) in [4.78, 5) is 15.0. The first-order chi connectivity index (χ1) is 11.7. The number of halogens is 4. The Morgan fingerprint density at radius 3 is 2.64 bits per heavy atom. The summed E-state index contributed by atoms with van der Waals surface area (Å²) in [7, 11) is 0. The van der Waals surface area contributed by atoms with Crippen LogP contribution in [0, 0.1) is 11.2 Å². The summed E-state index contributed by atoms with van der Waals surface area (Å²) >= 11 is 0. The van der Waals surface area contributed by atoms with Crippen LogP contribution in [0.1, 0.15) is 22.8 Å². The van der Waals surface area contributed by atoms with Gasteiger partial charge in [0, 0.05) is 23.0 Å². The van der Waals surface area contributed by atoms with Gasteiger partial charge in [-0.25, -0.2) is 14.2 Å². The number of cyclic esters (lactones) is 1. The highest BCUT2D eigenvalue weighted by Crippen LogP contribution is 2.43. The molecule has 1 atom stereocenters. The van der Waals surface area contributed by atoms with E-state index in [9.17, 15) is 22.4 Å². The second-order valence-electron chi connectivity index (χ2n) is 5.18. The Labute approximate surface area is 138 Å². The molecule has 1 amide bonds. The average molecular weight is 354 g/mol. The SMILES string of the molecule is N=C(c1ccc(F)cc1N)c1ccnc2c1C(C(F)(F)F)OC(=O)N2. The van der Waals surface area contributed by atoms with Gasteiger partial charge in [-0.2, -0.15) is 13.2 Å². The lowest BCUT2D eigenvalue weighted by Gasteiger charge is -2.29. The summed E-state index contributed by atoms with van der Waals surface area (Å²) < 4.78 is 57.4. The normalized spacial score (nSPS) is 16.6. The molecule has 2 heterocycles. The van der Waals surface area contributed by atoms with E-state index in [2.05, 4.69) is 15.0 Å². The molecule has 1 aromatic carbocycles. The van der Waals surface area contributed by atoms with Crippen molar-refractivity contribution in [3.05, 3.63) is 53.0 Å². The van der Waals surface area contributed by atoms with Gasteiger partial charge in [0.2, 0.25) is 6.10 Å². The third-order valence-corrected chi connectivity index (χ3v) is 3.55. The van der Waals surface area contributed by atoms with Crippen molar-refractivity contribution in [3.8, 4) is 0 Å². The highest BCUT2D eigenvalue weighted by atomic mass is 19.4. The predicted octanol–water partition coefficient (Wildman–Crippen LogP) is 3.38. The first-order valence-corrected chi connectivity index (χ1v) is 6.86. The predicted molar refractivity (Wildman–Crippen MR) is 79.9 cm³/mol. The first-order valence-electron chi connectivity index (χ1n) is 6.86. The van der Waals surface area contributed by atoms with Crippen LogP contribution in [0.3, 0.4) is 0 Å². The number of hydrogen-bond donors (Lipinski definition) is 3. The number of rotatable bonds is 2. The van der Waals surface area contributed by atoms with Crippen molar-refractivity contribution in [1.82, 2.24) is 4.98 Å². The highest BCUT2D eigenvalue weighted by molar-refractivity contribution is 6.15. The van der Waals surface area contributed by atoms with Crippen LogP contribution in [0.15, 0.2) is 30.5 Å². The number of nitrogen functional groups attached to an aromatic ring is 1. The van der Waals surface area contributed by atoms with Gasteiger partial charge in [0.1, 0.15) is 11.6 Å². The van der Waals surface area contributed by atoms with Crippen LogP contribution in [-0.2, 0) is 4.74 Å². The summed E-state index contributed by atoms with van der Waals surface area (Å²) in [6.07, 6.45) is -7.64. The molecule has 10 heteroatoms. The van der Waals surface area contributed by atoms with Gasteiger partial charge in [0.15, 0.2) is 0 Å². The standard InChI is InChI=1S/C15H10F4N4O2/c16-6-1-2-7(9(20)5-6)11(21)8-3-4-22-13-10(8)12(15(17,18)19)25-14(24)23-13/h1-5,12,21H,20H2,(H,22,23,24). The number of nitrogens with one attached hydrogen (secondary N) is 2. The number of ether oxygens (including phenoxy) is 1. The van der Waals surface area contributed by atoms with E-state index in [4.69, 9.17) is 11.1 Å². The maximum absolute atomic E-state index is 13.3. The number of aromatic nitrogens is 1. The summed E-state index contributed by atoms with van der Waals surface area (Å²) in [6, 6.07) is 4.35. The van der Waals surface area contributed by atoms with Gasteiger partial charge in [-0.05, 0) is 24.3 Å². The molecule has 3 rings (SSSR count). The molecule has 1 aliphatic rings. The number of nitrogens with two attached hydrogens (primary N) is 1. The number of hydrogen-bond acceptors (Lipinski definition) is 5. The minimum absolute atomic E-state index is 0.0348. The Hall–Kier alpha value is -3.17. The van der Waals surface area contributed by atoms with Gasteiger partial charge in [0.25, 0.3) is 0 Å². The molecule has 1 unspecified atom stereocenters. The number of carbonyl (C=O) groups excluding carboxylic acids is 1. The van der Waals surface area contributed by atoms with Crippen molar-refractivity contribution in [3.63, 3.8) is 0 Å². The molecule has 1 aliphatic heterocycles. The zero-order valence-electron chi connectivity index (χ0n) is 12.3. The van der Waals surface area contributed by atoms with E-state index in [0.29, 0.717) is 0 Å². The van der Waals surface area contributed by atoms with E-state index in [1.807, 2.05) is 0 Å². The zero-order chi connectivity index (χ0) is 18.4. The van der Waals surface area contributed by atoms with E-state index >= 15 is 0 Å². The number of anilines is 2. The molecule has 0 spiro atoms. The second-order valence-corrected chi connectivity index (χ2v) is 5.18. The van der Waals surface area contributed by atoms with Crippen molar-refractivity contribution in [2.24, 2.45) is 0 Å². The van der Waals surface area contributed by atoms with Gasteiger partial charge in [-0.15, -0.1) is 0 Å². The largest absolute Gasteiger partial charge is 0.431 e. The molecule has 2 aromatic rings. The number of carbonyl (C=O) groups is 1. The lowest BCUT2D eigenvalue weighted by atomic mass is 9.93. The molecule has 1 aromatic heterocycles. The van der Waals surface area contributed by atoms with E-state index < -0.39 is 29.8 Å². The number of pyridine rings is 1. The molecule has 25 heavy (non-hydrogen) atoms. The maximum Gasteiger partial charge on any atom is 0.430 e. The molecule has 0 aliphatic carbocycles. The van der Waals surface area contributed by atoms with Crippen LogP contribution in [0.5, 0.6) is 0 Å². The van der Waals surface area contributed by atoms with Crippen molar-refractivity contribution in [2.45, 2.75) is 12.3 Å². The van der Waals surface area contributed by atoms with Gasteiger partial charge in [-0.3, -0.25) is 10.7 Å². The van der Waals surface area contributed by atoms with E-state index in [0.717, 1.165) is 18.3 Å². The third kappa shape index (κ3) is 2.97. The van der Waals surface area contributed by atoms with Crippen LogP contribution in [0.4, 0.5) is 33.9 Å². The molecule has 0 bridgehead atoms. The molecule has 0 saturated carbocycles. The van der Waals surface area contributed by atoms with Gasteiger partial charge in [0.05, 0.1) is 11.3 Å². The summed E-state index contributed by atoms with van der Waals surface area (Å²) in [5.74, 6) is -1.00. The number of benzene rings is 1. The zero-order valence-corrected chi connectivity index (χ0v) is 12.3. The summed E-state index contributed by atoms with van der Waals surface area (Å²) in [5, 5.41) is 10.3. The van der Waals surface area contributed by atoms with Gasteiger partial charge in [-0.1, -0.05) is 0 Å². The van der Waals surface area contributed by atoms with Crippen LogP contribution < -0.4 is 11.1 Å². The van der Waals surface area contributed by atoms with Gasteiger partial charge < -0.3 is 10.5 Å². The fraction of sp³-hybridized carbons (Fsp3) is 0.133. The summed E-state index contributed by atoms with van der Waals surface area (Å²) in [5.41, 5.74) is 4.50. The van der Waals surface area contributed by atoms with E-state index in [-0.39, 0.29) is 28.3 Å². The highest BCUT2D eigenvalue weighted by Gasteiger charge is 2.49. The quantitative estimate of drug-likeness (QED) is 0.437. The molecule has 0 radical (unpaired) electrons. The molecule has 0 fully saturated rings. The van der Waals surface area contributed by atoms with Crippen molar-refractivity contribution in [2.75, 3.05) is 11.1 Å². The smallest absolute Gasteiger partial charge is 0.430 e. The molecule has 4 N–H and O–H groups in total. The Morgan fingerprint density at radius 1 is 1.28 bits per heavy atom. The van der Waals surface area contributed by atoms with Crippen LogP contribution in [0.25, 0.3) is 0 Å². The van der Waals surface area contributed by atoms with Crippen molar-refractivity contribution < 1.29 is 27.1 Å². The lowest BCUT2D eigenvalue weighted by molar-refractivity contribution is -0.206.